The van der Waals surface area contributed by atoms with Crippen LogP contribution in [0.2, 0.25) is 0 Å². The number of hydrogen-bond acceptors (Lipinski definition) is 6. The lowest BCUT2D eigenvalue weighted by Crippen LogP contribution is -2.33. The van der Waals surface area contributed by atoms with Crippen LogP contribution >= 0.6 is 0 Å². The number of ether oxygens (including phenoxy) is 3. The van der Waals surface area contributed by atoms with Gasteiger partial charge in [-0.1, -0.05) is 48.5 Å². The maximum atomic E-state index is 12.5. The van der Waals surface area contributed by atoms with Crippen molar-refractivity contribution in [2.75, 3.05) is 53.2 Å². The maximum Gasteiger partial charge on any atom is 0.409 e. The van der Waals surface area contributed by atoms with E-state index in [0.29, 0.717) is 26.4 Å². The van der Waals surface area contributed by atoms with Crippen LogP contribution in [0.5, 0.6) is 0 Å². The van der Waals surface area contributed by atoms with Crippen molar-refractivity contribution in [1.82, 2.24) is 9.80 Å². The lowest BCUT2D eigenvalue weighted by molar-refractivity contribution is -0.137. The van der Waals surface area contributed by atoms with Gasteiger partial charge in [-0.2, -0.15) is 0 Å². The molecule has 34 heavy (non-hydrogen) atoms. The van der Waals surface area contributed by atoms with Gasteiger partial charge in [0, 0.05) is 31.7 Å². The van der Waals surface area contributed by atoms with E-state index in [2.05, 4.69) is 24.3 Å². The van der Waals surface area contributed by atoms with Crippen molar-refractivity contribution in [2.45, 2.75) is 5.92 Å². The van der Waals surface area contributed by atoms with Gasteiger partial charge in [0.05, 0.1) is 33.0 Å². The largest absolute Gasteiger partial charge is 0.448 e. The molecule has 2 aromatic carbocycles. The highest BCUT2D eigenvalue weighted by atomic mass is 16.6. The summed E-state index contributed by atoms with van der Waals surface area (Å²) in [5.74, 6) is -0.609. The van der Waals surface area contributed by atoms with Crippen LogP contribution in [0.3, 0.4) is 0 Å². The summed E-state index contributed by atoms with van der Waals surface area (Å²) < 4.78 is 16.5. The first-order valence-corrected chi connectivity index (χ1v) is 11.3. The summed E-state index contributed by atoms with van der Waals surface area (Å²) >= 11 is 0. The van der Waals surface area contributed by atoms with Gasteiger partial charge in [-0.15, -0.1) is 0 Å². The Morgan fingerprint density at radius 3 is 2.03 bits per heavy atom. The van der Waals surface area contributed by atoms with Gasteiger partial charge in [0.2, 0.25) is 0 Å². The predicted molar refractivity (Wildman–Crippen MR) is 125 cm³/mol. The van der Waals surface area contributed by atoms with Crippen LogP contribution in [-0.2, 0) is 23.8 Å². The average molecular weight is 465 g/mol. The smallest absolute Gasteiger partial charge is 0.409 e. The van der Waals surface area contributed by atoms with E-state index in [1.165, 1.54) is 39.3 Å². The Labute approximate surface area is 198 Å². The Bertz CT molecular complexity index is 1020. The molecule has 178 valence electrons. The fourth-order valence-electron chi connectivity index (χ4n) is 4.13. The van der Waals surface area contributed by atoms with Crippen LogP contribution in [0.15, 0.2) is 60.7 Å². The molecule has 2 aliphatic rings. The molecule has 1 heterocycles. The van der Waals surface area contributed by atoms with E-state index in [9.17, 15) is 14.4 Å². The van der Waals surface area contributed by atoms with E-state index in [1.807, 2.05) is 24.3 Å². The molecule has 8 heteroatoms. The zero-order valence-electron chi connectivity index (χ0n) is 19.1. The molecule has 3 amide bonds. The molecule has 0 bridgehead atoms. The molecule has 0 saturated heterocycles. The molecular weight excluding hydrogens is 436 g/mol. The topological polar surface area (TPSA) is 85.4 Å². The molecule has 0 atom stereocenters. The zero-order valence-corrected chi connectivity index (χ0v) is 19.1. The fourth-order valence-corrected chi connectivity index (χ4v) is 4.13. The number of carbonyl (C=O) groups excluding carboxylic acids is 3. The summed E-state index contributed by atoms with van der Waals surface area (Å²) in [4.78, 5) is 38.0. The van der Waals surface area contributed by atoms with Crippen LogP contribution in [0, 0.1) is 0 Å². The van der Waals surface area contributed by atoms with Gasteiger partial charge in [0.25, 0.3) is 11.8 Å². The van der Waals surface area contributed by atoms with Gasteiger partial charge in [0.15, 0.2) is 0 Å². The van der Waals surface area contributed by atoms with Gasteiger partial charge < -0.3 is 19.1 Å². The summed E-state index contributed by atoms with van der Waals surface area (Å²) in [6, 6.07) is 16.4. The van der Waals surface area contributed by atoms with Crippen LogP contribution in [0.4, 0.5) is 4.79 Å². The number of imide groups is 1. The Hall–Kier alpha value is -3.49. The Balaban J connectivity index is 1.12. The van der Waals surface area contributed by atoms with E-state index in [1.54, 1.807) is 7.05 Å². The van der Waals surface area contributed by atoms with Crippen LogP contribution < -0.4 is 0 Å². The number of rotatable bonds is 11. The fraction of sp³-hybridized carbons (Fsp3) is 0.346. The van der Waals surface area contributed by atoms with Crippen LogP contribution in [0.1, 0.15) is 17.0 Å². The summed E-state index contributed by atoms with van der Waals surface area (Å²) in [7, 11) is 1.68. The van der Waals surface area contributed by atoms with Crippen molar-refractivity contribution in [3.8, 4) is 11.1 Å². The normalized spacial score (nSPS) is 14.4. The minimum Gasteiger partial charge on any atom is -0.448 e. The lowest BCUT2D eigenvalue weighted by atomic mass is 9.98. The van der Waals surface area contributed by atoms with Crippen molar-refractivity contribution in [3.63, 3.8) is 0 Å². The molecule has 0 spiro atoms. The van der Waals surface area contributed by atoms with Gasteiger partial charge in [-0.05, 0) is 22.3 Å². The summed E-state index contributed by atoms with van der Waals surface area (Å²) in [5.41, 5.74) is 4.74. The second kappa shape index (κ2) is 11.1. The van der Waals surface area contributed by atoms with Crippen LogP contribution in [-0.4, -0.2) is 80.9 Å². The Kier molecular flexibility index (Phi) is 7.72. The molecular formula is C26H28N2O6. The molecule has 8 nitrogen and oxygen atoms in total. The summed E-state index contributed by atoms with van der Waals surface area (Å²) in [5, 5.41) is 0. The molecule has 0 aromatic heterocycles. The highest BCUT2D eigenvalue weighted by molar-refractivity contribution is 6.12. The molecule has 4 rings (SSSR count). The first-order valence-electron chi connectivity index (χ1n) is 11.3. The lowest BCUT2D eigenvalue weighted by Gasteiger charge is -2.19. The highest BCUT2D eigenvalue weighted by Gasteiger charge is 2.29. The van der Waals surface area contributed by atoms with Crippen molar-refractivity contribution >= 4 is 17.9 Å². The third-order valence-electron chi connectivity index (χ3n) is 5.95. The minimum absolute atomic E-state index is 0.0278. The molecule has 0 fully saturated rings. The third-order valence-corrected chi connectivity index (χ3v) is 5.95. The molecule has 0 unspecified atom stereocenters. The van der Waals surface area contributed by atoms with Crippen molar-refractivity contribution in [3.05, 3.63) is 71.8 Å². The highest BCUT2D eigenvalue weighted by Crippen LogP contribution is 2.44. The van der Waals surface area contributed by atoms with E-state index in [0.717, 1.165) is 4.90 Å². The number of nitrogens with zero attached hydrogens (tertiary/aromatic N) is 2. The number of likely N-dealkylation sites (N-methyl/N-ethyl adjacent to an activating group) is 1. The second-order valence-corrected chi connectivity index (χ2v) is 8.11. The number of hydrogen-bond donors (Lipinski definition) is 0. The van der Waals surface area contributed by atoms with Gasteiger partial charge in [-0.3, -0.25) is 14.5 Å². The predicted octanol–water partition coefficient (Wildman–Crippen LogP) is 2.83. The Morgan fingerprint density at radius 1 is 0.853 bits per heavy atom. The number of benzene rings is 2. The number of fused-ring (bicyclic) bond motifs is 3. The first kappa shape index (κ1) is 23.7. The van der Waals surface area contributed by atoms with Crippen molar-refractivity contribution in [2.24, 2.45) is 0 Å². The summed E-state index contributed by atoms with van der Waals surface area (Å²) in [6.07, 6.45) is 2.10. The second-order valence-electron chi connectivity index (χ2n) is 8.11. The molecule has 1 aliphatic heterocycles. The molecule has 0 radical (unpaired) electrons. The molecule has 1 aliphatic carbocycles. The minimum atomic E-state index is -0.393. The SMILES string of the molecule is CN(CCOCCOCCN1C(=O)C=CC1=O)C(=O)OCC1c2ccccc2-c2ccccc21. The van der Waals surface area contributed by atoms with Gasteiger partial charge in [-0.25, -0.2) is 4.79 Å². The Morgan fingerprint density at radius 2 is 1.41 bits per heavy atom. The zero-order chi connectivity index (χ0) is 23.9. The third kappa shape index (κ3) is 5.35. The van der Waals surface area contributed by atoms with Crippen molar-refractivity contribution < 1.29 is 28.6 Å². The maximum absolute atomic E-state index is 12.5. The number of amides is 3. The van der Waals surface area contributed by atoms with E-state index in [4.69, 9.17) is 14.2 Å². The standard InChI is InChI=1S/C26H28N2O6/c1-27(12-14-32-16-17-33-15-13-28-24(29)10-11-25(28)30)26(31)34-18-23-21-8-4-2-6-19(21)20-7-3-5-9-22(20)23/h2-11,23H,12-18H2,1H3. The quantitative estimate of drug-likeness (QED) is 0.376. The van der Waals surface area contributed by atoms with Gasteiger partial charge in [0.1, 0.15) is 6.61 Å². The van der Waals surface area contributed by atoms with E-state index in [-0.39, 0.29) is 37.5 Å². The summed E-state index contributed by atoms with van der Waals surface area (Å²) in [6.45, 7) is 2.16. The number of carbonyl (C=O) groups is 3. The van der Waals surface area contributed by atoms with Crippen LogP contribution in [0.25, 0.3) is 11.1 Å². The molecule has 0 saturated carbocycles. The van der Waals surface area contributed by atoms with Gasteiger partial charge >= 0.3 is 6.09 Å². The van der Waals surface area contributed by atoms with E-state index < -0.39 is 6.09 Å². The average Bonchev–Trinajstić information content (AvgIpc) is 3.35. The molecule has 0 N–H and O–H groups in total. The van der Waals surface area contributed by atoms with E-state index >= 15 is 0 Å². The monoisotopic (exact) mass is 464 g/mol. The first-order chi connectivity index (χ1) is 16.6. The molecule has 2 aromatic rings. The van der Waals surface area contributed by atoms with Crippen molar-refractivity contribution in [1.29, 1.82) is 0 Å².